The van der Waals surface area contributed by atoms with Gasteiger partial charge in [0.2, 0.25) is 0 Å². The van der Waals surface area contributed by atoms with E-state index in [1.165, 1.54) is 28.8 Å². The number of aryl methyl sites for hydroxylation is 2. The molecule has 0 spiro atoms. The molecule has 1 fully saturated rings. The number of ether oxygens (including phenoxy) is 2. The lowest BCUT2D eigenvalue weighted by molar-refractivity contribution is -0.113. The van der Waals surface area contributed by atoms with Crippen LogP contribution in [-0.4, -0.2) is 28.8 Å². The number of hydrogen-bond acceptors (Lipinski definition) is 6. The molecule has 0 bridgehead atoms. The lowest BCUT2D eigenvalue weighted by Gasteiger charge is -2.17. The van der Waals surface area contributed by atoms with Crippen molar-refractivity contribution in [3.63, 3.8) is 0 Å². The van der Waals surface area contributed by atoms with E-state index in [1.807, 2.05) is 45.0 Å². The van der Waals surface area contributed by atoms with Gasteiger partial charge < -0.3 is 14.6 Å². The van der Waals surface area contributed by atoms with Crippen LogP contribution >= 0.6 is 46.6 Å². The van der Waals surface area contributed by atoms with Crippen LogP contribution in [0, 0.1) is 13.8 Å². The van der Waals surface area contributed by atoms with Crippen molar-refractivity contribution in [2.24, 2.45) is 4.99 Å². The number of hydrogen-bond donors (Lipinski definition) is 1. The van der Waals surface area contributed by atoms with E-state index >= 15 is 0 Å². The number of aliphatic imine (C=N–C) groups is 1. The molecule has 1 saturated heterocycles. The summed E-state index contributed by atoms with van der Waals surface area (Å²) in [5.74, 6) is -0.546. The molecule has 1 aliphatic heterocycles. The third-order valence-corrected chi connectivity index (χ3v) is 8.88. The largest absolute Gasteiger partial charge is 0.490 e. The highest BCUT2D eigenvalue weighted by atomic mass is 35.5. The minimum absolute atomic E-state index is 0.144. The predicted octanol–water partition coefficient (Wildman–Crippen LogP) is 9.75. The minimum Gasteiger partial charge on any atom is -0.490 e. The molecule has 0 aromatic heterocycles. The van der Waals surface area contributed by atoms with Crippen LogP contribution < -0.4 is 14.4 Å². The normalized spacial score (nSPS) is 14.8. The Balaban J connectivity index is 1.48. The fourth-order valence-electron chi connectivity index (χ4n) is 4.38. The number of thioether (sulfide) groups is 1. The first-order chi connectivity index (χ1) is 21.5. The van der Waals surface area contributed by atoms with E-state index < -0.39 is 5.97 Å². The summed E-state index contributed by atoms with van der Waals surface area (Å²) in [6.07, 6.45) is 1.73. The number of anilines is 1. The Morgan fingerprint density at radius 3 is 2.24 bits per heavy atom. The number of benzene rings is 4. The Bertz CT molecular complexity index is 1860. The van der Waals surface area contributed by atoms with Crippen LogP contribution in [-0.2, 0) is 11.4 Å². The lowest BCUT2D eigenvalue weighted by Crippen LogP contribution is -2.28. The maximum atomic E-state index is 13.9. The molecule has 0 aliphatic carbocycles. The first kappa shape index (κ1) is 32.4. The number of amides is 1. The lowest BCUT2D eigenvalue weighted by atomic mass is 10.1. The summed E-state index contributed by atoms with van der Waals surface area (Å²) in [5, 5.41) is 11.0. The Hall–Kier alpha value is -3.95. The molecular weight excluding hydrogens is 655 g/mol. The van der Waals surface area contributed by atoms with Gasteiger partial charge in [0, 0.05) is 10.0 Å². The Morgan fingerprint density at radius 2 is 1.60 bits per heavy atom. The van der Waals surface area contributed by atoms with Crippen LogP contribution in [0.25, 0.3) is 6.08 Å². The Labute approximate surface area is 280 Å². The van der Waals surface area contributed by atoms with Crippen molar-refractivity contribution in [2.45, 2.75) is 27.4 Å². The molecule has 1 heterocycles. The summed E-state index contributed by atoms with van der Waals surface area (Å²) in [5.41, 5.74) is 4.56. The van der Waals surface area contributed by atoms with E-state index in [1.54, 1.807) is 42.5 Å². The topological polar surface area (TPSA) is 88.4 Å². The van der Waals surface area contributed by atoms with E-state index in [9.17, 15) is 9.59 Å². The highest BCUT2D eigenvalue weighted by Gasteiger charge is 2.35. The number of halogens is 3. The van der Waals surface area contributed by atoms with Gasteiger partial charge >= 0.3 is 5.97 Å². The minimum atomic E-state index is -1.00. The molecule has 7 nitrogen and oxygen atoms in total. The first-order valence-electron chi connectivity index (χ1n) is 13.8. The second-order valence-electron chi connectivity index (χ2n) is 10.1. The van der Waals surface area contributed by atoms with Crippen LogP contribution in [0.5, 0.6) is 11.5 Å². The second kappa shape index (κ2) is 14.0. The van der Waals surface area contributed by atoms with E-state index in [0.717, 1.165) is 16.7 Å². The van der Waals surface area contributed by atoms with E-state index in [2.05, 4.69) is 0 Å². The van der Waals surface area contributed by atoms with Gasteiger partial charge in [-0.25, -0.2) is 9.79 Å². The van der Waals surface area contributed by atoms with Crippen LogP contribution in [0.3, 0.4) is 0 Å². The molecule has 4 aromatic carbocycles. The van der Waals surface area contributed by atoms with Crippen molar-refractivity contribution in [2.75, 3.05) is 11.5 Å². The van der Waals surface area contributed by atoms with Crippen molar-refractivity contribution in [3.8, 4) is 11.5 Å². The molecule has 0 saturated carbocycles. The maximum Gasteiger partial charge on any atom is 0.335 e. The molecule has 1 N–H and O–H groups in total. The van der Waals surface area contributed by atoms with Gasteiger partial charge in [-0.2, -0.15) is 0 Å². The molecule has 1 aliphatic rings. The molecule has 0 radical (unpaired) electrons. The monoisotopic (exact) mass is 680 g/mol. The van der Waals surface area contributed by atoms with Gasteiger partial charge in [-0.1, -0.05) is 59.1 Å². The number of aromatic carboxylic acids is 1. The fraction of sp³-hybridized carbons (Fsp3) is 0.147. The Morgan fingerprint density at radius 1 is 0.911 bits per heavy atom. The van der Waals surface area contributed by atoms with E-state index in [0.29, 0.717) is 55.2 Å². The molecule has 5 rings (SSSR count). The van der Waals surface area contributed by atoms with Crippen molar-refractivity contribution in [1.82, 2.24) is 0 Å². The fourth-order valence-corrected chi connectivity index (χ4v) is 6.01. The average Bonchev–Trinajstić information content (AvgIpc) is 3.30. The van der Waals surface area contributed by atoms with Crippen LogP contribution in [0.15, 0.2) is 82.7 Å². The summed E-state index contributed by atoms with van der Waals surface area (Å²) >= 11 is 20.7. The summed E-state index contributed by atoms with van der Waals surface area (Å²) in [6, 6.07) is 20.7. The third kappa shape index (κ3) is 7.48. The van der Waals surface area contributed by atoms with Crippen LogP contribution in [0.1, 0.15) is 39.5 Å². The molecule has 1 amide bonds. The third-order valence-electron chi connectivity index (χ3n) is 6.81. The zero-order valence-corrected chi connectivity index (χ0v) is 27.5. The summed E-state index contributed by atoms with van der Waals surface area (Å²) in [4.78, 5) is 31.7. The number of nitrogens with zero attached hydrogens (tertiary/aromatic N) is 2. The van der Waals surface area contributed by atoms with Crippen LogP contribution in [0.4, 0.5) is 11.4 Å². The maximum absolute atomic E-state index is 13.9. The first-order valence-corrected chi connectivity index (χ1v) is 15.8. The number of carbonyl (C=O) groups excluding carboxylic acids is 1. The number of amidine groups is 1. The second-order valence-corrected chi connectivity index (χ2v) is 12.3. The summed E-state index contributed by atoms with van der Waals surface area (Å²) in [6.45, 7) is 6.14. The van der Waals surface area contributed by atoms with Crippen molar-refractivity contribution < 1.29 is 24.2 Å². The molecule has 4 aromatic rings. The number of rotatable bonds is 9. The molecule has 230 valence electrons. The smallest absolute Gasteiger partial charge is 0.335 e. The van der Waals surface area contributed by atoms with Gasteiger partial charge in [0.05, 0.1) is 33.5 Å². The molecular formula is C34H27Cl3N2O5S. The van der Waals surface area contributed by atoms with Gasteiger partial charge in [-0.05, 0) is 109 Å². The average molecular weight is 682 g/mol. The van der Waals surface area contributed by atoms with Gasteiger partial charge in [-0.3, -0.25) is 9.69 Å². The zero-order chi connectivity index (χ0) is 32.2. The SMILES string of the molecule is CCOc1cc(/C=C2/SC(=Nc3ccc(C)c(Cl)c3)N(c3ccc(C)c(Cl)c3)C2=O)cc(Cl)c1OCc1ccc(C(=O)O)cc1. The van der Waals surface area contributed by atoms with Gasteiger partial charge in [0.1, 0.15) is 6.61 Å². The molecule has 0 atom stereocenters. The highest BCUT2D eigenvalue weighted by molar-refractivity contribution is 8.19. The van der Waals surface area contributed by atoms with Crippen molar-refractivity contribution in [3.05, 3.63) is 121 Å². The molecule has 0 unspecified atom stereocenters. The number of carboxylic acids is 1. The van der Waals surface area contributed by atoms with Gasteiger partial charge in [-0.15, -0.1) is 0 Å². The Kier molecular flexibility index (Phi) is 10.1. The quantitative estimate of drug-likeness (QED) is 0.177. The van der Waals surface area contributed by atoms with E-state index in [4.69, 9.17) is 54.4 Å². The highest BCUT2D eigenvalue weighted by Crippen LogP contribution is 2.42. The van der Waals surface area contributed by atoms with Crippen molar-refractivity contribution >= 4 is 81.1 Å². The van der Waals surface area contributed by atoms with Crippen molar-refractivity contribution in [1.29, 1.82) is 0 Å². The summed E-state index contributed by atoms with van der Waals surface area (Å²) < 4.78 is 11.9. The zero-order valence-electron chi connectivity index (χ0n) is 24.4. The van der Waals surface area contributed by atoms with Gasteiger partial charge in [0.25, 0.3) is 5.91 Å². The molecule has 45 heavy (non-hydrogen) atoms. The molecule has 11 heteroatoms. The van der Waals surface area contributed by atoms with Crippen LogP contribution in [0.2, 0.25) is 15.1 Å². The van der Waals surface area contributed by atoms with E-state index in [-0.39, 0.29) is 23.1 Å². The number of carboxylic acid groups (broad SMARTS) is 1. The standard InChI is InChI=1S/C34H27Cl3N2O5S/c1-4-43-29-14-22(13-28(37)31(29)44-18-21-7-9-23(10-8-21)33(41)42)15-30-32(40)39(25-12-6-20(3)27(36)17-25)34(45-30)38-24-11-5-19(2)26(35)16-24/h5-17H,4,18H2,1-3H3,(H,41,42)/b30-15+,38-34?. The summed E-state index contributed by atoms with van der Waals surface area (Å²) in [7, 11) is 0. The number of carbonyl (C=O) groups is 2. The predicted molar refractivity (Wildman–Crippen MR) is 183 cm³/mol. The van der Waals surface area contributed by atoms with Gasteiger partial charge in [0.15, 0.2) is 16.7 Å².